The minimum Gasteiger partial charge on any atom is -0.505 e. The lowest BCUT2D eigenvalue weighted by molar-refractivity contribution is -0.384. The maximum absolute atomic E-state index is 10.5. The number of aromatic hydroxyl groups is 1. The molecule has 1 aromatic heterocycles. The van der Waals surface area contributed by atoms with E-state index in [0.717, 1.165) is 17.4 Å². The van der Waals surface area contributed by atoms with Gasteiger partial charge in [-0.3, -0.25) is 10.1 Å². The maximum atomic E-state index is 10.5. The van der Waals surface area contributed by atoms with Crippen LogP contribution >= 0.6 is 11.3 Å². The van der Waals surface area contributed by atoms with Gasteiger partial charge in [-0.1, -0.05) is 11.3 Å². The first-order valence-corrected chi connectivity index (χ1v) is 4.43. The standard InChI is InChI=1S/C7H5N3O3S/c8-7-9-6-4(11)1-3(10(12)13)2-5(6)14-7/h1-2,11H,(H2,8,9). The first-order chi connectivity index (χ1) is 6.58. The highest BCUT2D eigenvalue weighted by molar-refractivity contribution is 7.22. The average Bonchev–Trinajstić information content (AvgIpc) is 2.45. The third-order valence-electron chi connectivity index (χ3n) is 1.69. The van der Waals surface area contributed by atoms with E-state index in [0.29, 0.717) is 10.2 Å². The third kappa shape index (κ3) is 1.23. The van der Waals surface area contributed by atoms with Gasteiger partial charge in [0.15, 0.2) is 5.13 Å². The van der Waals surface area contributed by atoms with E-state index in [9.17, 15) is 15.2 Å². The lowest BCUT2D eigenvalue weighted by Gasteiger charge is -1.93. The molecule has 2 aromatic rings. The van der Waals surface area contributed by atoms with Crippen LogP contribution in [0, 0.1) is 10.1 Å². The second-order valence-corrected chi connectivity index (χ2v) is 3.68. The Morgan fingerprint density at radius 2 is 2.29 bits per heavy atom. The highest BCUT2D eigenvalue weighted by Gasteiger charge is 2.13. The zero-order chi connectivity index (χ0) is 10.3. The topological polar surface area (TPSA) is 102 Å². The number of rotatable bonds is 1. The van der Waals surface area contributed by atoms with Gasteiger partial charge in [0.25, 0.3) is 5.69 Å². The largest absolute Gasteiger partial charge is 0.505 e. The number of nitrogens with two attached hydrogens (primary N) is 1. The fourth-order valence-corrected chi connectivity index (χ4v) is 1.91. The minimum absolute atomic E-state index is 0.168. The summed E-state index contributed by atoms with van der Waals surface area (Å²) in [7, 11) is 0. The summed E-state index contributed by atoms with van der Waals surface area (Å²) in [6, 6.07) is 2.39. The molecule has 72 valence electrons. The summed E-state index contributed by atoms with van der Waals surface area (Å²) >= 11 is 1.10. The number of nitrogen functional groups attached to an aromatic ring is 1. The van der Waals surface area contributed by atoms with Crippen LogP contribution in [0.2, 0.25) is 0 Å². The first kappa shape index (κ1) is 8.70. The minimum atomic E-state index is -0.574. The zero-order valence-electron chi connectivity index (χ0n) is 6.80. The van der Waals surface area contributed by atoms with Gasteiger partial charge in [0.05, 0.1) is 15.7 Å². The molecule has 1 aromatic carbocycles. The number of hydrogen-bond donors (Lipinski definition) is 2. The Labute approximate surface area is 81.8 Å². The smallest absolute Gasteiger partial charge is 0.274 e. The molecular formula is C7H5N3O3S. The maximum Gasteiger partial charge on any atom is 0.274 e. The molecule has 0 aliphatic heterocycles. The van der Waals surface area contributed by atoms with E-state index in [1.165, 1.54) is 6.07 Å². The van der Waals surface area contributed by atoms with Crippen LogP contribution in [0.15, 0.2) is 12.1 Å². The Morgan fingerprint density at radius 1 is 1.57 bits per heavy atom. The number of anilines is 1. The van der Waals surface area contributed by atoms with E-state index < -0.39 is 4.92 Å². The van der Waals surface area contributed by atoms with Gasteiger partial charge in [-0.05, 0) is 0 Å². The van der Waals surface area contributed by atoms with Crippen LogP contribution in [0.3, 0.4) is 0 Å². The molecule has 0 bridgehead atoms. The summed E-state index contributed by atoms with van der Waals surface area (Å²) in [5.41, 5.74) is 5.55. The highest BCUT2D eigenvalue weighted by atomic mass is 32.1. The van der Waals surface area contributed by atoms with Crippen molar-refractivity contribution < 1.29 is 10.0 Å². The molecule has 0 saturated heterocycles. The van der Waals surface area contributed by atoms with Crippen molar-refractivity contribution in [1.29, 1.82) is 0 Å². The number of nitro groups is 1. The zero-order valence-corrected chi connectivity index (χ0v) is 7.61. The molecule has 2 rings (SSSR count). The van der Waals surface area contributed by atoms with Gasteiger partial charge in [-0.15, -0.1) is 0 Å². The Bertz CT molecular complexity index is 522. The van der Waals surface area contributed by atoms with E-state index >= 15 is 0 Å². The van der Waals surface area contributed by atoms with Crippen LogP contribution in [-0.4, -0.2) is 15.0 Å². The Hall–Kier alpha value is -1.89. The van der Waals surface area contributed by atoms with Crippen molar-refractivity contribution in [1.82, 2.24) is 4.98 Å². The summed E-state index contributed by atoms with van der Waals surface area (Å²) in [4.78, 5) is 13.7. The molecule has 0 unspecified atom stereocenters. The predicted octanol–water partition coefficient (Wildman–Crippen LogP) is 1.49. The molecule has 6 nitrogen and oxygen atoms in total. The van der Waals surface area contributed by atoms with Crippen molar-refractivity contribution >= 4 is 32.4 Å². The highest BCUT2D eigenvalue weighted by Crippen LogP contribution is 2.34. The van der Waals surface area contributed by atoms with Crippen LogP contribution in [0.25, 0.3) is 10.2 Å². The van der Waals surface area contributed by atoms with Crippen molar-refractivity contribution in [2.45, 2.75) is 0 Å². The van der Waals surface area contributed by atoms with E-state index in [1.54, 1.807) is 0 Å². The lowest BCUT2D eigenvalue weighted by Crippen LogP contribution is -1.86. The summed E-state index contributed by atoms with van der Waals surface area (Å²) < 4.78 is 0.509. The molecule has 0 radical (unpaired) electrons. The number of aromatic nitrogens is 1. The summed E-state index contributed by atoms with van der Waals surface area (Å²) in [5, 5.41) is 20.1. The van der Waals surface area contributed by atoms with Gasteiger partial charge >= 0.3 is 0 Å². The number of nitrogens with zero attached hydrogens (tertiary/aromatic N) is 2. The Morgan fingerprint density at radius 3 is 2.93 bits per heavy atom. The van der Waals surface area contributed by atoms with Crippen molar-refractivity contribution in [3.63, 3.8) is 0 Å². The number of benzene rings is 1. The third-order valence-corrected chi connectivity index (χ3v) is 2.52. The van der Waals surface area contributed by atoms with Gasteiger partial charge in [-0.2, -0.15) is 0 Å². The summed E-state index contributed by atoms with van der Waals surface area (Å²) in [6.45, 7) is 0. The van der Waals surface area contributed by atoms with Crippen molar-refractivity contribution in [2.75, 3.05) is 5.73 Å². The van der Waals surface area contributed by atoms with Crippen LogP contribution in [0.4, 0.5) is 10.8 Å². The average molecular weight is 211 g/mol. The van der Waals surface area contributed by atoms with E-state index in [1.807, 2.05) is 0 Å². The molecule has 1 heterocycles. The fraction of sp³-hybridized carbons (Fsp3) is 0. The summed E-state index contributed by atoms with van der Waals surface area (Å²) in [5.74, 6) is -0.220. The van der Waals surface area contributed by atoms with Gasteiger partial charge in [-0.25, -0.2) is 4.98 Å². The normalized spacial score (nSPS) is 10.6. The second-order valence-electron chi connectivity index (χ2n) is 2.62. The van der Waals surface area contributed by atoms with E-state index in [2.05, 4.69) is 4.98 Å². The molecule has 3 N–H and O–H groups in total. The van der Waals surface area contributed by atoms with Gasteiger partial charge in [0, 0.05) is 6.07 Å². The number of hydrogen-bond acceptors (Lipinski definition) is 6. The summed E-state index contributed by atoms with van der Waals surface area (Å²) in [6.07, 6.45) is 0. The number of non-ortho nitro benzene ring substituents is 1. The SMILES string of the molecule is Nc1nc2c(O)cc([N+](=O)[O-])cc2s1. The molecule has 0 aliphatic carbocycles. The van der Waals surface area contributed by atoms with E-state index in [4.69, 9.17) is 5.73 Å². The number of thiazole rings is 1. The number of nitro benzene ring substituents is 1. The Balaban J connectivity index is 2.77. The van der Waals surface area contributed by atoms with Gasteiger partial charge in [0.2, 0.25) is 0 Å². The molecule has 0 saturated carbocycles. The lowest BCUT2D eigenvalue weighted by atomic mass is 10.3. The van der Waals surface area contributed by atoms with Crippen LogP contribution in [-0.2, 0) is 0 Å². The predicted molar refractivity (Wildman–Crippen MR) is 52.4 cm³/mol. The Kier molecular flexibility index (Phi) is 1.74. The van der Waals surface area contributed by atoms with E-state index in [-0.39, 0.29) is 16.6 Å². The quantitative estimate of drug-likeness (QED) is 0.549. The molecule has 0 spiro atoms. The molecule has 0 aliphatic rings. The van der Waals surface area contributed by atoms with Gasteiger partial charge in [0.1, 0.15) is 11.3 Å². The molecular weight excluding hydrogens is 206 g/mol. The van der Waals surface area contributed by atoms with Crippen molar-refractivity contribution in [2.24, 2.45) is 0 Å². The molecule has 0 fully saturated rings. The first-order valence-electron chi connectivity index (χ1n) is 3.61. The molecule has 14 heavy (non-hydrogen) atoms. The number of phenols is 1. The monoisotopic (exact) mass is 211 g/mol. The van der Waals surface area contributed by atoms with Crippen LogP contribution in [0.5, 0.6) is 5.75 Å². The van der Waals surface area contributed by atoms with Crippen molar-refractivity contribution in [3.05, 3.63) is 22.2 Å². The molecule has 0 atom stereocenters. The molecule has 0 amide bonds. The van der Waals surface area contributed by atoms with Crippen LogP contribution in [0.1, 0.15) is 0 Å². The van der Waals surface area contributed by atoms with Crippen molar-refractivity contribution in [3.8, 4) is 5.75 Å². The van der Waals surface area contributed by atoms with Crippen LogP contribution < -0.4 is 5.73 Å². The number of fused-ring (bicyclic) bond motifs is 1. The van der Waals surface area contributed by atoms with Gasteiger partial charge < -0.3 is 10.8 Å². The second kappa shape index (κ2) is 2.81. The fourth-order valence-electron chi connectivity index (χ4n) is 1.12. The molecule has 7 heteroatoms. The number of phenolic OH excluding ortho intramolecular Hbond substituents is 1.